The third-order valence-electron chi connectivity index (χ3n) is 2.29. The van der Waals surface area contributed by atoms with Crippen molar-refractivity contribution in [3.63, 3.8) is 0 Å². The summed E-state index contributed by atoms with van der Waals surface area (Å²) in [5, 5.41) is 9.64. The quantitative estimate of drug-likeness (QED) is 0.749. The van der Waals surface area contributed by atoms with Gasteiger partial charge in [-0.3, -0.25) is 13.9 Å². The largest absolute Gasteiger partial charge is 0.494 e. The molecule has 0 fully saturated rings. The maximum Gasteiger partial charge on any atom is 0.258 e. The number of aromatic hydroxyl groups is 1. The molecule has 0 saturated heterocycles. The number of methoxy groups -OCH3 is 2. The zero-order chi connectivity index (χ0) is 12.8. The molecule has 0 bridgehead atoms. The highest BCUT2D eigenvalue weighted by atomic mass is 32.1. The molecule has 0 unspecified atom stereocenters. The van der Waals surface area contributed by atoms with Crippen molar-refractivity contribution in [3.05, 3.63) is 21.2 Å². The van der Waals surface area contributed by atoms with E-state index in [1.54, 1.807) is 14.2 Å². The van der Waals surface area contributed by atoms with Crippen molar-refractivity contribution in [1.29, 1.82) is 0 Å². The fourth-order valence-electron chi connectivity index (χ4n) is 1.39. The Morgan fingerprint density at radius 3 is 2.29 bits per heavy atom. The SMILES string of the molecule is COCCn1c(O)cc(=O)n(CCOC)c1=S. The summed E-state index contributed by atoms with van der Waals surface area (Å²) < 4.78 is 12.9. The number of rotatable bonds is 6. The summed E-state index contributed by atoms with van der Waals surface area (Å²) in [6.07, 6.45) is 0. The van der Waals surface area contributed by atoms with Crippen molar-refractivity contribution in [2.24, 2.45) is 0 Å². The molecule has 1 rings (SSSR count). The van der Waals surface area contributed by atoms with Crippen LogP contribution < -0.4 is 5.56 Å². The van der Waals surface area contributed by atoms with Gasteiger partial charge in [0.15, 0.2) is 10.7 Å². The average molecular weight is 260 g/mol. The molecular weight excluding hydrogens is 244 g/mol. The molecule has 6 nitrogen and oxygen atoms in total. The molecule has 0 spiro atoms. The maximum atomic E-state index is 11.6. The van der Waals surface area contributed by atoms with Gasteiger partial charge in [0.25, 0.3) is 5.56 Å². The summed E-state index contributed by atoms with van der Waals surface area (Å²) in [6, 6.07) is 1.14. The Balaban J connectivity index is 3.13. The van der Waals surface area contributed by atoms with Crippen LogP contribution >= 0.6 is 12.2 Å². The van der Waals surface area contributed by atoms with E-state index in [9.17, 15) is 9.90 Å². The van der Waals surface area contributed by atoms with Crippen molar-refractivity contribution in [3.8, 4) is 5.88 Å². The standard InChI is InChI=1S/C10H16N2O4S/c1-15-5-3-11-8(13)7-9(14)12(10(11)17)4-6-16-2/h7,13H,3-6H2,1-2H3. The highest BCUT2D eigenvalue weighted by Crippen LogP contribution is 2.06. The molecule has 0 aromatic carbocycles. The number of hydrogen-bond acceptors (Lipinski definition) is 5. The Kier molecular flexibility index (Phi) is 5.33. The zero-order valence-electron chi connectivity index (χ0n) is 9.88. The smallest absolute Gasteiger partial charge is 0.258 e. The Morgan fingerprint density at radius 1 is 1.24 bits per heavy atom. The third-order valence-corrected chi connectivity index (χ3v) is 2.74. The second-order valence-electron chi connectivity index (χ2n) is 3.41. The Labute approximate surface area is 104 Å². The summed E-state index contributed by atoms with van der Waals surface area (Å²) in [5.41, 5.74) is -0.335. The van der Waals surface area contributed by atoms with E-state index in [1.807, 2.05) is 0 Å². The monoisotopic (exact) mass is 260 g/mol. The van der Waals surface area contributed by atoms with Gasteiger partial charge in [0, 0.05) is 14.2 Å². The van der Waals surface area contributed by atoms with Crippen LogP contribution in [0.5, 0.6) is 5.88 Å². The van der Waals surface area contributed by atoms with Crippen LogP contribution in [0.4, 0.5) is 0 Å². The van der Waals surface area contributed by atoms with Crippen molar-refractivity contribution in [2.75, 3.05) is 27.4 Å². The second kappa shape index (κ2) is 6.53. The van der Waals surface area contributed by atoms with Crippen LogP contribution in [0, 0.1) is 4.77 Å². The molecule has 0 aliphatic carbocycles. The predicted molar refractivity (Wildman–Crippen MR) is 64.9 cm³/mol. The summed E-state index contributed by atoms with van der Waals surface area (Å²) in [7, 11) is 3.11. The lowest BCUT2D eigenvalue weighted by atomic mass is 10.5. The van der Waals surface area contributed by atoms with E-state index in [1.165, 1.54) is 9.13 Å². The number of aromatic nitrogens is 2. The summed E-state index contributed by atoms with van der Waals surface area (Å²) in [4.78, 5) is 11.6. The van der Waals surface area contributed by atoms with E-state index in [4.69, 9.17) is 21.7 Å². The van der Waals surface area contributed by atoms with Crippen LogP contribution in [0.15, 0.2) is 10.9 Å². The summed E-state index contributed by atoms with van der Waals surface area (Å²) >= 11 is 5.15. The van der Waals surface area contributed by atoms with Gasteiger partial charge in [-0.2, -0.15) is 0 Å². The van der Waals surface area contributed by atoms with Gasteiger partial charge in [0.1, 0.15) is 0 Å². The predicted octanol–water partition coefficient (Wildman–Crippen LogP) is 0.378. The third kappa shape index (κ3) is 3.39. The van der Waals surface area contributed by atoms with Gasteiger partial charge in [-0.25, -0.2) is 0 Å². The molecule has 1 N–H and O–H groups in total. The molecule has 96 valence electrons. The highest BCUT2D eigenvalue weighted by molar-refractivity contribution is 7.71. The topological polar surface area (TPSA) is 65.6 Å². The number of nitrogens with zero attached hydrogens (tertiary/aromatic N) is 2. The van der Waals surface area contributed by atoms with Crippen LogP contribution in [0.1, 0.15) is 0 Å². The summed E-state index contributed by atoms with van der Waals surface area (Å²) in [5.74, 6) is -0.147. The lowest BCUT2D eigenvalue weighted by Gasteiger charge is -2.13. The molecule has 0 aliphatic rings. The highest BCUT2D eigenvalue weighted by Gasteiger charge is 2.07. The second-order valence-corrected chi connectivity index (χ2v) is 3.78. The van der Waals surface area contributed by atoms with E-state index in [0.717, 1.165) is 6.07 Å². The molecule has 0 atom stereocenters. The van der Waals surface area contributed by atoms with Gasteiger partial charge < -0.3 is 14.6 Å². The average Bonchev–Trinajstić information content (AvgIpc) is 2.28. The molecule has 0 amide bonds. The number of ether oxygens (including phenoxy) is 2. The van der Waals surface area contributed by atoms with Crippen LogP contribution in [0.3, 0.4) is 0 Å². The van der Waals surface area contributed by atoms with Gasteiger partial charge in [-0.15, -0.1) is 0 Å². The van der Waals surface area contributed by atoms with Crippen molar-refractivity contribution in [1.82, 2.24) is 9.13 Å². The van der Waals surface area contributed by atoms with E-state index in [-0.39, 0.29) is 16.2 Å². The van der Waals surface area contributed by atoms with Gasteiger partial charge in [-0.05, 0) is 12.2 Å². The van der Waals surface area contributed by atoms with Crippen LogP contribution in [0.2, 0.25) is 0 Å². The minimum Gasteiger partial charge on any atom is -0.494 e. The molecule has 1 aromatic rings. The van der Waals surface area contributed by atoms with E-state index < -0.39 is 0 Å². The minimum absolute atomic E-state index is 0.147. The molecular formula is C10H16N2O4S. The Bertz CT molecular complexity index is 480. The van der Waals surface area contributed by atoms with Crippen molar-refractivity contribution >= 4 is 12.2 Å². The lowest BCUT2D eigenvalue weighted by Crippen LogP contribution is -2.26. The first kappa shape index (κ1) is 13.9. The van der Waals surface area contributed by atoms with Gasteiger partial charge in [-0.1, -0.05) is 0 Å². The maximum absolute atomic E-state index is 11.6. The van der Waals surface area contributed by atoms with Crippen LogP contribution in [-0.4, -0.2) is 41.7 Å². The molecule has 1 heterocycles. The lowest BCUT2D eigenvalue weighted by molar-refractivity contribution is 0.176. The van der Waals surface area contributed by atoms with E-state index in [0.29, 0.717) is 26.3 Å². The van der Waals surface area contributed by atoms with Gasteiger partial charge in [0.2, 0.25) is 0 Å². The molecule has 0 radical (unpaired) electrons. The fraction of sp³-hybridized carbons (Fsp3) is 0.600. The first-order valence-electron chi connectivity index (χ1n) is 5.13. The minimum atomic E-state index is -0.335. The molecule has 7 heteroatoms. The van der Waals surface area contributed by atoms with Crippen molar-refractivity contribution in [2.45, 2.75) is 13.1 Å². The molecule has 0 saturated carbocycles. The first-order chi connectivity index (χ1) is 8.11. The fourth-order valence-corrected chi connectivity index (χ4v) is 1.75. The van der Waals surface area contributed by atoms with Gasteiger partial charge >= 0.3 is 0 Å². The van der Waals surface area contributed by atoms with Crippen molar-refractivity contribution < 1.29 is 14.6 Å². The Hall–Kier alpha value is -1.18. The normalized spacial score (nSPS) is 10.7. The Morgan fingerprint density at radius 2 is 1.76 bits per heavy atom. The molecule has 1 aromatic heterocycles. The van der Waals surface area contributed by atoms with Crippen LogP contribution in [0.25, 0.3) is 0 Å². The zero-order valence-corrected chi connectivity index (χ0v) is 10.7. The molecule has 0 aliphatic heterocycles. The van der Waals surface area contributed by atoms with E-state index in [2.05, 4.69) is 0 Å². The first-order valence-corrected chi connectivity index (χ1v) is 5.54. The van der Waals surface area contributed by atoms with Gasteiger partial charge in [0.05, 0.1) is 32.4 Å². The summed E-state index contributed by atoms with van der Waals surface area (Å²) in [6.45, 7) is 1.55. The van der Waals surface area contributed by atoms with Crippen LogP contribution in [-0.2, 0) is 22.6 Å². The van der Waals surface area contributed by atoms with E-state index >= 15 is 0 Å². The molecule has 17 heavy (non-hydrogen) atoms. The number of hydrogen-bond donors (Lipinski definition) is 1.